The zero-order chi connectivity index (χ0) is 21.4. The van der Waals surface area contributed by atoms with Gasteiger partial charge in [0.15, 0.2) is 5.96 Å². The Hall–Kier alpha value is -1.79. The van der Waals surface area contributed by atoms with Gasteiger partial charge < -0.3 is 20.3 Å². The third-order valence-electron chi connectivity index (χ3n) is 4.57. The maximum absolute atomic E-state index is 12.9. The second-order valence-corrected chi connectivity index (χ2v) is 7.10. The molecule has 1 saturated heterocycles. The van der Waals surface area contributed by atoms with Gasteiger partial charge in [-0.2, -0.15) is 13.2 Å². The van der Waals surface area contributed by atoms with Gasteiger partial charge >= 0.3 is 6.18 Å². The Labute approximate surface area is 191 Å². The topological polar surface area (TPSA) is 78.9 Å². The van der Waals surface area contributed by atoms with Crippen LogP contribution in [-0.2, 0) is 11.0 Å². The molecule has 1 aliphatic heterocycles. The number of amides is 1. The van der Waals surface area contributed by atoms with Gasteiger partial charge in [-0.05, 0) is 25.0 Å². The number of halogens is 4. The van der Waals surface area contributed by atoms with Crippen molar-refractivity contribution in [2.45, 2.75) is 38.9 Å². The molecule has 2 rings (SSSR count). The van der Waals surface area contributed by atoms with Crippen molar-refractivity contribution in [3.63, 3.8) is 0 Å². The maximum atomic E-state index is 12.9. The number of rotatable bonds is 6. The number of ether oxygens (including phenoxy) is 1. The molecule has 7 nitrogen and oxygen atoms in total. The van der Waals surface area contributed by atoms with Crippen LogP contribution in [0.1, 0.15) is 32.3 Å². The highest BCUT2D eigenvalue weighted by atomic mass is 127. The average molecular weight is 543 g/mol. The van der Waals surface area contributed by atoms with E-state index in [0.29, 0.717) is 19.0 Å². The van der Waals surface area contributed by atoms with Crippen molar-refractivity contribution >= 4 is 35.8 Å². The monoisotopic (exact) mass is 543 g/mol. The first-order chi connectivity index (χ1) is 13.7. The fourth-order valence-electron chi connectivity index (χ4n) is 3.04. The van der Waals surface area contributed by atoms with Gasteiger partial charge in [0.2, 0.25) is 11.8 Å². The second kappa shape index (κ2) is 12.2. The number of hydrogen-bond donors (Lipinski definition) is 2. The van der Waals surface area contributed by atoms with Crippen LogP contribution in [0.4, 0.5) is 13.2 Å². The van der Waals surface area contributed by atoms with Gasteiger partial charge in [-0.25, -0.2) is 4.98 Å². The van der Waals surface area contributed by atoms with Crippen LogP contribution in [0.2, 0.25) is 0 Å². The lowest BCUT2D eigenvalue weighted by Crippen LogP contribution is -2.50. The molecule has 1 amide bonds. The highest BCUT2D eigenvalue weighted by molar-refractivity contribution is 14.0. The van der Waals surface area contributed by atoms with Crippen LogP contribution >= 0.6 is 24.0 Å². The Balaban J connectivity index is 0.00000450. The quantitative estimate of drug-likeness (QED) is 0.250. The minimum absolute atomic E-state index is 0. The van der Waals surface area contributed by atoms with Crippen molar-refractivity contribution < 1.29 is 22.7 Å². The number of nitrogens with one attached hydrogen (secondary N) is 2. The molecule has 2 heterocycles. The number of likely N-dealkylation sites (tertiary alicyclic amines) is 1. The highest BCUT2D eigenvalue weighted by Gasteiger charge is 2.35. The predicted molar refractivity (Wildman–Crippen MR) is 119 cm³/mol. The molecular formula is C19H29F3IN5O2. The zero-order valence-corrected chi connectivity index (χ0v) is 19.7. The van der Waals surface area contributed by atoms with E-state index < -0.39 is 17.6 Å². The number of alkyl halides is 3. The van der Waals surface area contributed by atoms with Crippen LogP contribution < -0.4 is 15.4 Å². The van der Waals surface area contributed by atoms with Crippen LogP contribution in [-0.4, -0.2) is 61.1 Å². The fourth-order valence-corrected chi connectivity index (χ4v) is 3.04. The first kappa shape index (κ1) is 26.2. The summed E-state index contributed by atoms with van der Waals surface area (Å²) in [4.78, 5) is 21.7. The summed E-state index contributed by atoms with van der Waals surface area (Å²) in [7, 11) is 1.62. The summed E-state index contributed by atoms with van der Waals surface area (Å²) in [5.41, 5.74) is -0.898. The summed E-state index contributed by atoms with van der Waals surface area (Å²) >= 11 is 0. The molecule has 0 bridgehead atoms. The normalized spacial score (nSPS) is 15.6. The summed E-state index contributed by atoms with van der Waals surface area (Å²) in [6.45, 7) is 5.43. The summed E-state index contributed by atoms with van der Waals surface area (Å²) in [5, 5.41) is 6.30. The predicted octanol–water partition coefficient (Wildman–Crippen LogP) is 2.91. The Morgan fingerprint density at radius 1 is 1.37 bits per heavy atom. The van der Waals surface area contributed by atoms with Gasteiger partial charge in [0, 0.05) is 38.3 Å². The second-order valence-electron chi connectivity index (χ2n) is 7.10. The van der Waals surface area contributed by atoms with Crippen molar-refractivity contribution in [1.29, 1.82) is 0 Å². The summed E-state index contributed by atoms with van der Waals surface area (Å²) in [5.74, 6) is 0.257. The lowest BCUT2D eigenvalue weighted by Gasteiger charge is -2.34. The lowest BCUT2D eigenvalue weighted by molar-refractivity contribution is -0.139. The first-order valence-electron chi connectivity index (χ1n) is 9.63. The summed E-state index contributed by atoms with van der Waals surface area (Å²) in [6.07, 6.45) is -1.65. The summed E-state index contributed by atoms with van der Waals surface area (Å²) in [6, 6.07) is 2.33. The molecule has 0 saturated carbocycles. The number of carbonyl (C=O) groups is 1. The largest absolute Gasteiger partial charge is 0.475 e. The van der Waals surface area contributed by atoms with E-state index in [4.69, 9.17) is 4.74 Å². The van der Waals surface area contributed by atoms with Crippen LogP contribution in [0, 0.1) is 5.92 Å². The Kier molecular flexibility index (Phi) is 10.6. The number of nitrogens with zero attached hydrogens (tertiary/aromatic N) is 3. The van der Waals surface area contributed by atoms with E-state index in [1.807, 2.05) is 18.7 Å². The van der Waals surface area contributed by atoms with Gasteiger partial charge in [-0.1, -0.05) is 13.8 Å². The number of aromatic nitrogens is 1. The zero-order valence-electron chi connectivity index (χ0n) is 17.3. The van der Waals surface area contributed by atoms with Crippen LogP contribution in [0.3, 0.4) is 0 Å². The molecule has 0 unspecified atom stereocenters. The Morgan fingerprint density at radius 2 is 2.03 bits per heavy atom. The van der Waals surface area contributed by atoms with Gasteiger partial charge in [-0.3, -0.25) is 9.79 Å². The first-order valence-corrected chi connectivity index (χ1v) is 9.63. The molecule has 1 aliphatic rings. The van der Waals surface area contributed by atoms with E-state index >= 15 is 0 Å². The average Bonchev–Trinajstić information content (AvgIpc) is 2.69. The standard InChI is InChI=1S/C19H28F3N5O2.HI/c1-13(2)17(28)27-10-6-14(7-11-27)26-18(23-3)25-9-12-29-16-15(19(20,21)22)5-4-8-24-16;/h4-5,8,13-14H,6-7,9-12H2,1-3H3,(H2,23,25,26);1H. The number of guanidine groups is 1. The van der Waals surface area contributed by atoms with E-state index in [1.165, 1.54) is 12.3 Å². The molecule has 0 spiro atoms. The van der Waals surface area contributed by atoms with Crippen molar-refractivity contribution in [1.82, 2.24) is 20.5 Å². The van der Waals surface area contributed by atoms with Crippen molar-refractivity contribution in [2.24, 2.45) is 10.9 Å². The smallest absolute Gasteiger partial charge is 0.421 e. The Bertz CT molecular complexity index is 708. The molecule has 1 aromatic heterocycles. The molecule has 0 atom stereocenters. The molecule has 1 aromatic rings. The van der Waals surface area contributed by atoms with Crippen LogP contribution in [0.25, 0.3) is 0 Å². The van der Waals surface area contributed by atoms with E-state index in [1.54, 1.807) is 7.05 Å². The molecule has 0 radical (unpaired) electrons. The van der Waals surface area contributed by atoms with Gasteiger partial charge in [-0.15, -0.1) is 24.0 Å². The molecule has 2 N–H and O–H groups in total. The molecule has 0 aromatic carbocycles. The highest BCUT2D eigenvalue weighted by Crippen LogP contribution is 2.34. The Morgan fingerprint density at radius 3 is 2.60 bits per heavy atom. The fraction of sp³-hybridized carbons (Fsp3) is 0.632. The van der Waals surface area contributed by atoms with Gasteiger partial charge in [0.1, 0.15) is 12.2 Å². The number of piperidine rings is 1. The van der Waals surface area contributed by atoms with Crippen LogP contribution in [0.15, 0.2) is 23.3 Å². The molecule has 11 heteroatoms. The lowest BCUT2D eigenvalue weighted by atomic mass is 10.0. The summed E-state index contributed by atoms with van der Waals surface area (Å²) < 4.78 is 44.0. The van der Waals surface area contributed by atoms with Gasteiger partial charge in [0.05, 0.1) is 6.54 Å². The number of hydrogen-bond acceptors (Lipinski definition) is 4. The molecular weight excluding hydrogens is 514 g/mol. The number of aliphatic imine (C=N–C) groups is 1. The van der Waals surface area contributed by atoms with Crippen LogP contribution in [0.5, 0.6) is 5.88 Å². The molecule has 170 valence electrons. The van der Waals surface area contributed by atoms with E-state index in [9.17, 15) is 18.0 Å². The minimum atomic E-state index is -4.51. The van der Waals surface area contributed by atoms with Crippen molar-refractivity contribution in [2.75, 3.05) is 33.3 Å². The van der Waals surface area contributed by atoms with E-state index in [0.717, 1.165) is 18.9 Å². The molecule has 30 heavy (non-hydrogen) atoms. The number of carbonyl (C=O) groups excluding carboxylic acids is 1. The number of pyridine rings is 1. The van der Waals surface area contributed by atoms with Crippen molar-refractivity contribution in [3.8, 4) is 5.88 Å². The minimum Gasteiger partial charge on any atom is -0.475 e. The van der Waals surface area contributed by atoms with E-state index in [-0.39, 0.29) is 55.0 Å². The SMILES string of the molecule is CN=C(NCCOc1ncccc1C(F)(F)F)NC1CCN(C(=O)C(C)C)CC1.I. The van der Waals surface area contributed by atoms with E-state index in [2.05, 4.69) is 20.6 Å². The van der Waals surface area contributed by atoms with Gasteiger partial charge in [0.25, 0.3) is 0 Å². The third-order valence-corrected chi connectivity index (χ3v) is 4.57. The maximum Gasteiger partial charge on any atom is 0.421 e. The third kappa shape index (κ3) is 7.80. The van der Waals surface area contributed by atoms with Crippen molar-refractivity contribution in [3.05, 3.63) is 23.9 Å². The molecule has 0 aliphatic carbocycles. The molecule has 1 fully saturated rings.